The summed E-state index contributed by atoms with van der Waals surface area (Å²) in [6.45, 7) is 0. The number of benzene rings is 1. The quantitative estimate of drug-likeness (QED) is 0.706. The van der Waals surface area contributed by atoms with Crippen LogP contribution in [0.1, 0.15) is 5.56 Å². The normalized spacial score (nSPS) is 10.3. The maximum Gasteiger partial charge on any atom is 0.132 e. The molecule has 0 atom stereocenters. The van der Waals surface area contributed by atoms with E-state index in [4.69, 9.17) is 11.6 Å². The smallest absolute Gasteiger partial charge is 0.132 e. The van der Waals surface area contributed by atoms with Crippen LogP contribution < -0.4 is 0 Å². The number of aromatic nitrogens is 1. The third kappa shape index (κ3) is 2.16. The lowest BCUT2D eigenvalue weighted by atomic mass is 10.1. The number of pyridine rings is 1. The molecule has 1 aromatic carbocycles. The highest BCUT2D eigenvalue weighted by Crippen LogP contribution is 2.20. The molecule has 3 heteroatoms. The summed E-state index contributed by atoms with van der Waals surface area (Å²) in [5.74, 6) is 0.161. The minimum absolute atomic E-state index is 0.261. The predicted molar refractivity (Wildman–Crippen MR) is 59.2 cm³/mol. The summed E-state index contributed by atoms with van der Waals surface area (Å²) in [5.41, 5.74) is 2.07. The summed E-state index contributed by atoms with van der Waals surface area (Å²) in [6.07, 6.45) is 1.66. The third-order valence-corrected chi connectivity index (χ3v) is 2.44. The van der Waals surface area contributed by atoms with E-state index < -0.39 is 0 Å². The van der Waals surface area contributed by atoms with E-state index >= 15 is 0 Å². The number of hydrogen-bond donors (Lipinski definition) is 0. The zero-order valence-corrected chi connectivity index (χ0v) is 8.71. The molecular weight excluding hydrogens is 213 g/mol. The van der Waals surface area contributed by atoms with E-state index in [1.807, 2.05) is 6.07 Å². The average molecular weight is 222 g/mol. The van der Waals surface area contributed by atoms with Crippen LogP contribution in [0.25, 0.3) is 11.3 Å². The third-order valence-electron chi connectivity index (χ3n) is 2.13. The molecule has 2 aromatic rings. The molecule has 2 rings (SSSR count). The van der Waals surface area contributed by atoms with Gasteiger partial charge in [0.05, 0.1) is 5.69 Å². The molecule has 0 spiro atoms. The largest absolute Gasteiger partial charge is 0.256 e. The van der Waals surface area contributed by atoms with Gasteiger partial charge in [-0.2, -0.15) is 0 Å². The van der Waals surface area contributed by atoms with Crippen LogP contribution in [0.2, 0.25) is 0 Å². The maximum atomic E-state index is 13.4. The second-order valence-corrected chi connectivity index (χ2v) is 3.43. The van der Waals surface area contributed by atoms with Gasteiger partial charge in [0, 0.05) is 17.6 Å². The molecule has 1 aromatic heterocycles. The van der Waals surface area contributed by atoms with Crippen molar-refractivity contribution in [1.82, 2.24) is 4.98 Å². The van der Waals surface area contributed by atoms with Gasteiger partial charge in [0.2, 0.25) is 0 Å². The van der Waals surface area contributed by atoms with Crippen LogP contribution in [0.4, 0.5) is 4.39 Å². The minimum Gasteiger partial charge on any atom is -0.256 e. The van der Waals surface area contributed by atoms with Gasteiger partial charge < -0.3 is 0 Å². The van der Waals surface area contributed by atoms with E-state index in [1.165, 1.54) is 6.07 Å². The van der Waals surface area contributed by atoms with E-state index in [2.05, 4.69) is 4.98 Å². The molecule has 0 N–H and O–H groups in total. The van der Waals surface area contributed by atoms with E-state index in [0.29, 0.717) is 17.1 Å². The van der Waals surface area contributed by atoms with Crippen molar-refractivity contribution in [3.05, 3.63) is 54.0 Å². The Bertz CT molecular complexity index is 453. The van der Waals surface area contributed by atoms with E-state index in [9.17, 15) is 4.39 Å². The van der Waals surface area contributed by atoms with Gasteiger partial charge in [-0.05, 0) is 23.8 Å². The number of nitrogens with zero attached hydrogens (tertiary/aromatic N) is 1. The van der Waals surface area contributed by atoms with E-state index in [-0.39, 0.29) is 5.82 Å². The summed E-state index contributed by atoms with van der Waals surface area (Å²) in [7, 11) is 0. The molecule has 0 unspecified atom stereocenters. The van der Waals surface area contributed by atoms with Crippen molar-refractivity contribution in [1.29, 1.82) is 0 Å². The molecule has 0 radical (unpaired) electrons. The summed E-state index contributed by atoms with van der Waals surface area (Å²) in [4.78, 5) is 4.16. The van der Waals surface area contributed by atoms with Crippen molar-refractivity contribution in [3.8, 4) is 11.3 Å². The molecule has 15 heavy (non-hydrogen) atoms. The van der Waals surface area contributed by atoms with Crippen LogP contribution in [0.3, 0.4) is 0 Å². The van der Waals surface area contributed by atoms with Crippen LogP contribution >= 0.6 is 11.6 Å². The van der Waals surface area contributed by atoms with Crippen molar-refractivity contribution >= 4 is 11.6 Å². The first kappa shape index (κ1) is 10.1. The van der Waals surface area contributed by atoms with Gasteiger partial charge >= 0.3 is 0 Å². The highest BCUT2D eigenvalue weighted by atomic mass is 35.5. The topological polar surface area (TPSA) is 12.9 Å². The highest BCUT2D eigenvalue weighted by Gasteiger charge is 2.04. The van der Waals surface area contributed by atoms with Crippen LogP contribution in [0.15, 0.2) is 42.6 Å². The Morgan fingerprint density at radius 3 is 2.53 bits per heavy atom. The second kappa shape index (κ2) is 4.41. The highest BCUT2D eigenvalue weighted by molar-refractivity contribution is 6.17. The zero-order valence-electron chi connectivity index (χ0n) is 7.95. The standard InChI is InChI=1S/C12H9ClFN/c13-7-9-5-6-12(15-8-9)10-3-1-2-4-11(10)14/h1-6,8H,7H2. The van der Waals surface area contributed by atoms with Crippen LogP contribution in [0.5, 0.6) is 0 Å². The molecule has 0 amide bonds. The molecule has 1 heterocycles. The first-order valence-corrected chi connectivity index (χ1v) is 5.10. The Labute approximate surface area is 92.5 Å². The second-order valence-electron chi connectivity index (χ2n) is 3.17. The Hall–Kier alpha value is -1.41. The molecule has 0 saturated heterocycles. The van der Waals surface area contributed by atoms with Gasteiger partial charge in [-0.1, -0.05) is 18.2 Å². The molecule has 0 saturated carbocycles. The van der Waals surface area contributed by atoms with Crippen LogP contribution in [0, 0.1) is 5.82 Å². The lowest BCUT2D eigenvalue weighted by Crippen LogP contribution is -1.88. The van der Waals surface area contributed by atoms with Crippen molar-refractivity contribution in [2.45, 2.75) is 5.88 Å². The number of hydrogen-bond acceptors (Lipinski definition) is 1. The lowest BCUT2D eigenvalue weighted by molar-refractivity contribution is 0.630. The molecule has 0 fully saturated rings. The van der Waals surface area contributed by atoms with E-state index in [1.54, 1.807) is 30.5 Å². The van der Waals surface area contributed by atoms with Gasteiger partial charge in [0.25, 0.3) is 0 Å². The summed E-state index contributed by atoms with van der Waals surface area (Å²) in [5, 5.41) is 0. The molecule has 0 aliphatic rings. The summed E-state index contributed by atoms with van der Waals surface area (Å²) >= 11 is 5.64. The molecule has 0 aliphatic heterocycles. The van der Waals surface area contributed by atoms with Crippen molar-refractivity contribution < 1.29 is 4.39 Å². The van der Waals surface area contributed by atoms with Crippen molar-refractivity contribution in [3.63, 3.8) is 0 Å². The fraction of sp³-hybridized carbons (Fsp3) is 0.0833. The Morgan fingerprint density at radius 1 is 1.13 bits per heavy atom. The predicted octanol–water partition coefficient (Wildman–Crippen LogP) is 3.63. The number of rotatable bonds is 2. The minimum atomic E-state index is -0.261. The molecule has 0 aliphatic carbocycles. The number of halogens is 2. The summed E-state index contributed by atoms with van der Waals surface area (Å²) < 4.78 is 13.4. The first-order chi connectivity index (χ1) is 7.31. The van der Waals surface area contributed by atoms with Gasteiger partial charge in [0.15, 0.2) is 0 Å². The SMILES string of the molecule is Fc1ccccc1-c1ccc(CCl)cn1. The first-order valence-electron chi connectivity index (χ1n) is 4.57. The van der Waals surface area contributed by atoms with Gasteiger partial charge in [0.1, 0.15) is 5.82 Å². The molecular formula is C12H9ClFN. The Balaban J connectivity index is 2.42. The molecule has 1 nitrogen and oxygen atoms in total. The zero-order chi connectivity index (χ0) is 10.7. The van der Waals surface area contributed by atoms with Gasteiger partial charge in [-0.3, -0.25) is 4.98 Å². The van der Waals surface area contributed by atoms with E-state index in [0.717, 1.165) is 5.56 Å². The van der Waals surface area contributed by atoms with Crippen LogP contribution in [-0.2, 0) is 5.88 Å². The van der Waals surface area contributed by atoms with Crippen molar-refractivity contribution in [2.24, 2.45) is 0 Å². The van der Waals surface area contributed by atoms with Gasteiger partial charge in [-0.25, -0.2) is 4.39 Å². The fourth-order valence-corrected chi connectivity index (χ4v) is 1.49. The fourth-order valence-electron chi connectivity index (χ4n) is 1.33. The summed E-state index contributed by atoms with van der Waals surface area (Å²) in [6, 6.07) is 10.2. The Kier molecular flexibility index (Phi) is 2.97. The molecule has 0 bridgehead atoms. The monoisotopic (exact) mass is 221 g/mol. The number of alkyl halides is 1. The lowest BCUT2D eigenvalue weighted by Gasteiger charge is -2.02. The molecule has 76 valence electrons. The maximum absolute atomic E-state index is 13.4. The average Bonchev–Trinajstić information content (AvgIpc) is 2.30. The Morgan fingerprint density at radius 2 is 1.93 bits per heavy atom. The van der Waals surface area contributed by atoms with Gasteiger partial charge in [-0.15, -0.1) is 11.6 Å². The van der Waals surface area contributed by atoms with Crippen molar-refractivity contribution in [2.75, 3.05) is 0 Å². The van der Waals surface area contributed by atoms with Crippen LogP contribution in [-0.4, -0.2) is 4.98 Å².